The van der Waals surface area contributed by atoms with Crippen molar-refractivity contribution >= 4 is 12.1 Å². The molecule has 0 atom stereocenters. The highest BCUT2D eigenvalue weighted by Gasteiger charge is 2.11. The first-order valence-electron chi connectivity index (χ1n) is 8.31. The molecule has 0 fully saturated rings. The molecule has 0 aliphatic heterocycles. The molecule has 27 heavy (non-hydrogen) atoms. The molecule has 0 bridgehead atoms. The summed E-state index contributed by atoms with van der Waals surface area (Å²) in [6.45, 7) is 1.48. The number of alkyl halides is 2. The number of nitrogens with one attached hydrogen (secondary N) is 1. The van der Waals surface area contributed by atoms with Crippen LogP contribution in [0.25, 0.3) is 0 Å². The Morgan fingerprint density at radius 1 is 1.07 bits per heavy atom. The van der Waals surface area contributed by atoms with Crippen molar-refractivity contribution in [1.29, 1.82) is 0 Å². The molecule has 2 aromatic carbocycles. The molecule has 8 heteroatoms. The van der Waals surface area contributed by atoms with E-state index in [-0.39, 0.29) is 18.1 Å². The van der Waals surface area contributed by atoms with Gasteiger partial charge in [0.25, 0.3) is 5.91 Å². The molecule has 0 unspecified atom stereocenters. The number of benzene rings is 2. The second-order valence-electron chi connectivity index (χ2n) is 5.17. The molecular weight excluding hydrogens is 358 g/mol. The van der Waals surface area contributed by atoms with Gasteiger partial charge in [0.2, 0.25) is 0 Å². The number of rotatable bonds is 9. The van der Waals surface area contributed by atoms with E-state index < -0.39 is 12.5 Å². The Morgan fingerprint density at radius 3 is 2.41 bits per heavy atom. The molecule has 0 heterocycles. The molecule has 0 saturated carbocycles. The number of hydrogen-bond acceptors (Lipinski definition) is 5. The fourth-order valence-electron chi connectivity index (χ4n) is 2.17. The van der Waals surface area contributed by atoms with Gasteiger partial charge in [0.1, 0.15) is 5.75 Å². The lowest BCUT2D eigenvalue weighted by Crippen LogP contribution is -2.17. The molecule has 2 rings (SSSR count). The Balaban J connectivity index is 2.02. The van der Waals surface area contributed by atoms with Gasteiger partial charge in [0.05, 0.1) is 19.4 Å². The second kappa shape index (κ2) is 10.1. The number of carbonyl (C=O) groups is 1. The predicted molar refractivity (Wildman–Crippen MR) is 96.9 cm³/mol. The molecule has 0 aliphatic rings. The van der Waals surface area contributed by atoms with Crippen LogP contribution in [0.5, 0.6) is 17.2 Å². The Bertz CT molecular complexity index is 780. The first kappa shape index (κ1) is 20.2. The summed E-state index contributed by atoms with van der Waals surface area (Å²) in [5.41, 5.74) is 3.37. The van der Waals surface area contributed by atoms with Crippen LogP contribution in [0.1, 0.15) is 29.8 Å². The largest absolute Gasteiger partial charge is 0.494 e. The van der Waals surface area contributed by atoms with Gasteiger partial charge >= 0.3 is 6.61 Å². The molecule has 0 saturated heterocycles. The Kier molecular flexibility index (Phi) is 7.54. The third-order valence-corrected chi connectivity index (χ3v) is 3.29. The summed E-state index contributed by atoms with van der Waals surface area (Å²) in [7, 11) is 0. The molecule has 0 radical (unpaired) electrons. The van der Waals surface area contributed by atoms with Gasteiger partial charge in [-0.1, -0.05) is 0 Å². The third-order valence-electron chi connectivity index (χ3n) is 3.29. The lowest BCUT2D eigenvalue weighted by molar-refractivity contribution is -0.0514. The van der Waals surface area contributed by atoms with E-state index in [1.165, 1.54) is 24.4 Å². The zero-order valence-electron chi connectivity index (χ0n) is 14.9. The number of nitrogens with zero attached hydrogens (tertiary/aromatic N) is 1. The maximum absolute atomic E-state index is 12.4. The van der Waals surface area contributed by atoms with E-state index in [0.29, 0.717) is 23.5 Å². The third kappa shape index (κ3) is 6.25. The van der Waals surface area contributed by atoms with E-state index >= 15 is 0 Å². The van der Waals surface area contributed by atoms with Gasteiger partial charge in [-0.3, -0.25) is 4.79 Å². The normalized spacial score (nSPS) is 10.9. The monoisotopic (exact) mass is 378 g/mol. The van der Waals surface area contributed by atoms with Crippen molar-refractivity contribution in [3.63, 3.8) is 0 Å². The highest BCUT2D eigenvalue weighted by atomic mass is 19.3. The highest BCUT2D eigenvalue weighted by Crippen LogP contribution is 2.29. The van der Waals surface area contributed by atoms with E-state index in [2.05, 4.69) is 15.3 Å². The van der Waals surface area contributed by atoms with Crippen molar-refractivity contribution in [3.05, 3.63) is 53.6 Å². The molecule has 0 aromatic heterocycles. The lowest BCUT2D eigenvalue weighted by Gasteiger charge is -2.11. The summed E-state index contributed by atoms with van der Waals surface area (Å²) in [6, 6.07) is 11.0. The van der Waals surface area contributed by atoms with Crippen LogP contribution in [0.4, 0.5) is 8.78 Å². The van der Waals surface area contributed by atoms with Crippen molar-refractivity contribution in [2.45, 2.75) is 20.5 Å². The van der Waals surface area contributed by atoms with Gasteiger partial charge in [0.15, 0.2) is 11.5 Å². The fraction of sp³-hybridized carbons (Fsp3) is 0.263. The Hall–Kier alpha value is -3.16. The van der Waals surface area contributed by atoms with Crippen LogP contribution in [0.15, 0.2) is 47.6 Å². The topological polar surface area (TPSA) is 69.2 Å². The summed E-state index contributed by atoms with van der Waals surface area (Å²) >= 11 is 0. The second-order valence-corrected chi connectivity index (χ2v) is 5.17. The number of hydrogen-bond donors (Lipinski definition) is 1. The van der Waals surface area contributed by atoms with E-state index in [1.54, 1.807) is 31.2 Å². The van der Waals surface area contributed by atoms with Gasteiger partial charge in [0, 0.05) is 5.56 Å². The van der Waals surface area contributed by atoms with Crippen LogP contribution in [-0.2, 0) is 0 Å². The van der Waals surface area contributed by atoms with Gasteiger partial charge in [-0.2, -0.15) is 13.9 Å². The van der Waals surface area contributed by atoms with Crippen molar-refractivity contribution in [2.75, 3.05) is 13.2 Å². The van der Waals surface area contributed by atoms with Crippen molar-refractivity contribution in [1.82, 2.24) is 5.43 Å². The van der Waals surface area contributed by atoms with Gasteiger partial charge in [-0.25, -0.2) is 5.43 Å². The zero-order chi connectivity index (χ0) is 19.6. The molecule has 2 aromatic rings. The van der Waals surface area contributed by atoms with E-state index in [9.17, 15) is 13.6 Å². The van der Waals surface area contributed by atoms with Crippen molar-refractivity contribution in [3.8, 4) is 17.2 Å². The average molecular weight is 378 g/mol. The zero-order valence-corrected chi connectivity index (χ0v) is 14.9. The van der Waals surface area contributed by atoms with E-state index in [0.717, 1.165) is 0 Å². The molecule has 1 amide bonds. The molecule has 0 aliphatic carbocycles. The standard InChI is InChI=1S/C19H20F2N2O4/c1-3-25-15-8-6-14(7-9-15)18(24)23-22-12-13-5-10-16(27-19(20)21)17(11-13)26-4-2/h5-12,19H,3-4H2,1-2H3,(H,23,24)/b22-12-. The average Bonchev–Trinajstić information content (AvgIpc) is 2.64. The van der Waals surface area contributed by atoms with Gasteiger partial charge in [-0.05, 0) is 61.9 Å². The summed E-state index contributed by atoms with van der Waals surface area (Å²) < 4.78 is 39.8. The number of hydrazone groups is 1. The van der Waals surface area contributed by atoms with E-state index in [4.69, 9.17) is 9.47 Å². The quantitative estimate of drug-likeness (QED) is 0.532. The summed E-state index contributed by atoms with van der Waals surface area (Å²) in [6.07, 6.45) is 1.38. The maximum atomic E-state index is 12.4. The molecule has 1 N–H and O–H groups in total. The minimum Gasteiger partial charge on any atom is -0.494 e. The molecule has 6 nitrogen and oxygen atoms in total. The smallest absolute Gasteiger partial charge is 0.387 e. The van der Waals surface area contributed by atoms with Crippen LogP contribution in [-0.4, -0.2) is 31.9 Å². The van der Waals surface area contributed by atoms with Gasteiger partial charge < -0.3 is 14.2 Å². The summed E-state index contributed by atoms with van der Waals surface area (Å²) in [5.74, 6) is 0.381. The molecular formula is C19H20F2N2O4. The van der Waals surface area contributed by atoms with Crippen molar-refractivity contribution < 1.29 is 27.8 Å². The predicted octanol–water partition coefficient (Wildman–Crippen LogP) is 3.85. The Morgan fingerprint density at radius 2 is 1.78 bits per heavy atom. The fourth-order valence-corrected chi connectivity index (χ4v) is 2.17. The SMILES string of the molecule is CCOc1ccc(C(=O)N/N=C\c2ccc(OC(F)F)c(OCC)c2)cc1. The first-order valence-corrected chi connectivity index (χ1v) is 8.31. The maximum Gasteiger partial charge on any atom is 0.387 e. The van der Waals surface area contributed by atoms with Crippen LogP contribution < -0.4 is 19.6 Å². The number of amides is 1. The van der Waals surface area contributed by atoms with Crippen LogP contribution in [0.2, 0.25) is 0 Å². The first-order chi connectivity index (χ1) is 13.0. The van der Waals surface area contributed by atoms with Crippen LogP contribution in [0, 0.1) is 0 Å². The number of ether oxygens (including phenoxy) is 3. The minimum absolute atomic E-state index is 0.0672. The number of halogens is 2. The summed E-state index contributed by atoms with van der Waals surface area (Å²) in [4.78, 5) is 12.1. The van der Waals surface area contributed by atoms with Crippen LogP contribution >= 0.6 is 0 Å². The molecule has 0 spiro atoms. The van der Waals surface area contributed by atoms with Crippen LogP contribution in [0.3, 0.4) is 0 Å². The van der Waals surface area contributed by atoms with E-state index in [1.807, 2.05) is 6.92 Å². The number of carbonyl (C=O) groups excluding carboxylic acids is 1. The minimum atomic E-state index is -2.95. The molecule has 144 valence electrons. The lowest BCUT2D eigenvalue weighted by atomic mass is 10.2. The summed E-state index contributed by atoms with van der Waals surface area (Å²) in [5, 5.41) is 3.87. The Labute approximate surface area is 155 Å². The highest BCUT2D eigenvalue weighted by molar-refractivity contribution is 5.95. The van der Waals surface area contributed by atoms with Gasteiger partial charge in [-0.15, -0.1) is 0 Å². The van der Waals surface area contributed by atoms with Crippen molar-refractivity contribution in [2.24, 2.45) is 5.10 Å².